The molecule has 0 saturated carbocycles. The molecule has 1 atom stereocenters. The number of rotatable bonds is 1. The van der Waals surface area contributed by atoms with Crippen molar-refractivity contribution in [3.05, 3.63) is 0 Å². The Morgan fingerprint density at radius 3 is 2.83 bits per heavy atom. The lowest BCUT2D eigenvalue weighted by molar-refractivity contribution is -0.163. The fourth-order valence-electron chi connectivity index (χ4n) is 1.27. The maximum Gasteiger partial charge on any atom is 0.314 e. The van der Waals surface area contributed by atoms with Crippen LogP contribution in [0.2, 0.25) is 0 Å². The Kier molecular flexibility index (Phi) is 2.62. The zero-order chi connectivity index (χ0) is 9.19. The van der Waals surface area contributed by atoms with Gasteiger partial charge in [-0.1, -0.05) is 0 Å². The normalized spacial score (nSPS) is 28.1. The highest BCUT2D eigenvalue weighted by Gasteiger charge is 2.46. The van der Waals surface area contributed by atoms with Gasteiger partial charge in [-0.3, -0.25) is 4.79 Å². The van der Waals surface area contributed by atoms with Crippen molar-refractivity contribution in [3.8, 4) is 0 Å². The Labute approximate surface area is 69.1 Å². The first-order chi connectivity index (χ1) is 5.58. The Morgan fingerprint density at radius 1 is 1.67 bits per heavy atom. The van der Waals surface area contributed by atoms with Gasteiger partial charge in [0.25, 0.3) is 5.92 Å². The fraction of sp³-hybridized carbons (Fsp3) is 0.857. The number of halogens is 2. The number of alkyl halides is 2. The third-order valence-corrected chi connectivity index (χ3v) is 1.97. The summed E-state index contributed by atoms with van der Waals surface area (Å²) in [7, 11) is 1.13. The molecule has 12 heavy (non-hydrogen) atoms. The Bertz CT molecular complexity index is 184. The molecule has 1 aliphatic rings. The van der Waals surface area contributed by atoms with Crippen molar-refractivity contribution in [2.24, 2.45) is 5.92 Å². The molecule has 1 heterocycles. The highest BCUT2D eigenvalue weighted by Crippen LogP contribution is 2.30. The van der Waals surface area contributed by atoms with Crippen LogP contribution in [-0.4, -0.2) is 32.1 Å². The predicted octanol–water partition coefficient (Wildman–Crippen LogP) is 0.404. The average Bonchev–Trinajstić information content (AvgIpc) is 2.02. The monoisotopic (exact) mass is 179 g/mol. The minimum atomic E-state index is -2.97. The largest absolute Gasteiger partial charge is 0.469 e. The number of carbonyl (C=O) groups excluding carboxylic acids is 1. The Hall–Kier alpha value is -0.710. The molecule has 0 radical (unpaired) electrons. The van der Waals surface area contributed by atoms with Gasteiger partial charge in [-0.2, -0.15) is 0 Å². The minimum absolute atomic E-state index is 0.139. The van der Waals surface area contributed by atoms with E-state index < -0.39 is 24.4 Å². The van der Waals surface area contributed by atoms with Gasteiger partial charge in [-0.05, 0) is 13.0 Å². The summed E-state index contributed by atoms with van der Waals surface area (Å²) < 4.78 is 30.2. The second kappa shape index (κ2) is 3.35. The maximum absolute atomic E-state index is 12.9. The Balaban J connectivity index is 2.66. The van der Waals surface area contributed by atoms with E-state index in [1.54, 1.807) is 0 Å². The summed E-state index contributed by atoms with van der Waals surface area (Å²) >= 11 is 0. The van der Waals surface area contributed by atoms with Crippen LogP contribution in [0.4, 0.5) is 8.78 Å². The highest BCUT2D eigenvalue weighted by molar-refractivity contribution is 5.73. The molecule has 3 nitrogen and oxygen atoms in total. The smallest absolute Gasteiger partial charge is 0.314 e. The second-order valence-electron chi connectivity index (χ2n) is 2.80. The molecular formula is C7H11F2NO2. The first-order valence-corrected chi connectivity index (χ1v) is 3.74. The lowest BCUT2D eigenvalue weighted by Crippen LogP contribution is -2.49. The molecule has 0 bridgehead atoms. The molecule has 1 unspecified atom stereocenters. The molecule has 0 amide bonds. The molecule has 0 aromatic carbocycles. The van der Waals surface area contributed by atoms with E-state index >= 15 is 0 Å². The van der Waals surface area contributed by atoms with E-state index in [1.807, 2.05) is 0 Å². The van der Waals surface area contributed by atoms with Crippen LogP contribution < -0.4 is 5.32 Å². The number of ether oxygens (including phenoxy) is 1. The molecule has 0 aromatic rings. The number of hydrogen-bond acceptors (Lipinski definition) is 3. The van der Waals surface area contributed by atoms with Gasteiger partial charge in [-0.15, -0.1) is 0 Å². The second-order valence-corrected chi connectivity index (χ2v) is 2.80. The van der Waals surface area contributed by atoms with E-state index in [9.17, 15) is 13.6 Å². The van der Waals surface area contributed by atoms with Gasteiger partial charge in [0.05, 0.1) is 13.7 Å². The SMILES string of the molecule is COC(=O)C1CCNCC1(F)F. The van der Waals surface area contributed by atoms with Gasteiger partial charge in [0.1, 0.15) is 5.92 Å². The number of methoxy groups -OCH3 is 1. The van der Waals surface area contributed by atoms with E-state index in [0.29, 0.717) is 6.54 Å². The molecule has 1 rings (SSSR count). The molecule has 0 spiro atoms. The van der Waals surface area contributed by atoms with Crippen LogP contribution in [0.3, 0.4) is 0 Å². The predicted molar refractivity (Wildman–Crippen MR) is 37.9 cm³/mol. The van der Waals surface area contributed by atoms with Crippen molar-refractivity contribution in [3.63, 3.8) is 0 Å². The van der Waals surface area contributed by atoms with Gasteiger partial charge in [0, 0.05) is 0 Å². The molecule has 1 aliphatic heterocycles. The van der Waals surface area contributed by atoms with Crippen molar-refractivity contribution in [2.75, 3.05) is 20.2 Å². The third kappa shape index (κ3) is 1.72. The van der Waals surface area contributed by atoms with E-state index in [0.717, 1.165) is 7.11 Å². The van der Waals surface area contributed by atoms with Crippen molar-refractivity contribution >= 4 is 5.97 Å². The van der Waals surface area contributed by atoms with E-state index in [-0.39, 0.29) is 6.42 Å². The van der Waals surface area contributed by atoms with E-state index in [2.05, 4.69) is 10.1 Å². The molecular weight excluding hydrogens is 168 g/mol. The molecule has 1 fully saturated rings. The van der Waals surface area contributed by atoms with E-state index in [1.165, 1.54) is 0 Å². The summed E-state index contributed by atoms with van der Waals surface area (Å²) in [6.45, 7) is 0.00211. The fourth-order valence-corrected chi connectivity index (χ4v) is 1.27. The Morgan fingerprint density at radius 2 is 2.33 bits per heavy atom. The zero-order valence-electron chi connectivity index (χ0n) is 6.77. The topological polar surface area (TPSA) is 38.3 Å². The first-order valence-electron chi connectivity index (χ1n) is 3.74. The number of esters is 1. The minimum Gasteiger partial charge on any atom is -0.469 e. The molecule has 70 valence electrons. The first kappa shape index (κ1) is 9.38. The van der Waals surface area contributed by atoms with Crippen molar-refractivity contribution < 1.29 is 18.3 Å². The molecule has 5 heteroatoms. The number of piperidine rings is 1. The molecule has 1 N–H and O–H groups in total. The molecule has 0 aromatic heterocycles. The van der Waals surface area contributed by atoms with Crippen molar-refractivity contribution in [1.82, 2.24) is 5.32 Å². The van der Waals surface area contributed by atoms with Gasteiger partial charge >= 0.3 is 5.97 Å². The number of hydrogen-bond donors (Lipinski definition) is 1. The van der Waals surface area contributed by atoms with Crippen LogP contribution in [0.1, 0.15) is 6.42 Å². The summed E-state index contributed by atoms with van der Waals surface area (Å²) in [5, 5.41) is 2.53. The quantitative estimate of drug-likeness (QED) is 0.592. The highest BCUT2D eigenvalue weighted by atomic mass is 19.3. The number of carbonyl (C=O) groups is 1. The summed E-state index contributed by atoms with van der Waals surface area (Å²) in [6, 6.07) is 0. The third-order valence-electron chi connectivity index (χ3n) is 1.97. The van der Waals surface area contributed by atoms with E-state index in [4.69, 9.17) is 0 Å². The van der Waals surface area contributed by atoms with Gasteiger partial charge in [0.2, 0.25) is 0 Å². The van der Waals surface area contributed by atoms with Crippen LogP contribution in [-0.2, 0) is 9.53 Å². The van der Waals surface area contributed by atoms with Crippen molar-refractivity contribution in [1.29, 1.82) is 0 Å². The summed E-state index contributed by atoms with van der Waals surface area (Å²) in [4.78, 5) is 10.9. The lowest BCUT2D eigenvalue weighted by Gasteiger charge is -2.29. The van der Waals surface area contributed by atoms with Gasteiger partial charge in [0.15, 0.2) is 0 Å². The summed E-state index contributed by atoms with van der Waals surface area (Å²) in [5.41, 5.74) is 0. The van der Waals surface area contributed by atoms with Crippen molar-refractivity contribution in [2.45, 2.75) is 12.3 Å². The summed E-state index contributed by atoms with van der Waals surface area (Å²) in [6.07, 6.45) is 0.139. The van der Waals surface area contributed by atoms with Crippen LogP contribution in [0.25, 0.3) is 0 Å². The van der Waals surface area contributed by atoms with Gasteiger partial charge < -0.3 is 10.1 Å². The average molecular weight is 179 g/mol. The van der Waals surface area contributed by atoms with Crippen LogP contribution in [0, 0.1) is 5.92 Å². The maximum atomic E-state index is 12.9. The standard InChI is InChI=1S/C7H11F2NO2/c1-12-6(11)5-2-3-10-4-7(5,8)9/h5,10H,2-4H2,1H3. The summed E-state index contributed by atoms with van der Waals surface area (Å²) in [5.74, 6) is -5.06. The van der Waals surface area contributed by atoms with Crippen LogP contribution in [0.15, 0.2) is 0 Å². The lowest BCUT2D eigenvalue weighted by atomic mass is 9.94. The van der Waals surface area contributed by atoms with Gasteiger partial charge in [-0.25, -0.2) is 8.78 Å². The number of nitrogens with one attached hydrogen (secondary N) is 1. The van der Waals surface area contributed by atoms with Crippen LogP contribution >= 0.6 is 0 Å². The van der Waals surface area contributed by atoms with Crippen LogP contribution in [0.5, 0.6) is 0 Å². The molecule has 0 aliphatic carbocycles. The zero-order valence-corrected chi connectivity index (χ0v) is 6.77. The molecule has 1 saturated heterocycles.